The predicted molar refractivity (Wildman–Crippen MR) is 100 cm³/mol. The number of hydrogen-bond donors (Lipinski definition) is 0. The zero-order valence-electron chi connectivity index (χ0n) is 15.2. The Hall–Kier alpha value is -2.94. The highest BCUT2D eigenvalue weighted by Crippen LogP contribution is 2.31. The van der Waals surface area contributed by atoms with Crippen molar-refractivity contribution in [3.63, 3.8) is 0 Å². The van der Waals surface area contributed by atoms with Gasteiger partial charge in [0.25, 0.3) is 15.7 Å². The smallest absolute Gasteiger partial charge is 0.338 e. The van der Waals surface area contributed by atoms with Crippen LogP contribution in [0.3, 0.4) is 0 Å². The number of esters is 1. The van der Waals surface area contributed by atoms with Gasteiger partial charge in [0.05, 0.1) is 22.8 Å². The van der Waals surface area contributed by atoms with Crippen molar-refractivity contribution in [1.82, 2.24) is 0 Å². The lowest BCUT2D eigenvalue weighted by molar-refractivity contribution is -0.387. The Balaban J connectivity index is 2.54. The van der Waals surface area contributed by atoms with E-state index in [-0.39, 0.29) is 18.0 Å². The van der Waals surface area contributed by atoms with Crippen LogP contribution in [-0.2, 0) is 14.8 Å². The van der Waals surface area contributed by atoms with Crippen LogP contribution < -0.4 is 4.31 Å². The molecule has 27 heavy (non-hydrogen) atoms. The maximum atomic E-state index is 13.1. The molecule has 0 bridgehead atoms. The minimum Gasteiger partial charge on any atom is -0.462 e. The summed E-state index contributed by atoms with van der Waals surface area (Å²) in [6, 6.07) is 9.70. The fourth-order valence-electron chi connectivity index (χ4n) is 2.69. The predicted octanol–water partition coefficient (Wildman–Crippen LogP) is 3.30. The summed E-state index contributed by atoms with van der Waals surface area (Å²) in [7, 11) is -4.17. The van der Waals surface area contributed by atoms with E-state index in [4.69, 9.17) is 4.74 Å². The molecule has 8 nitrogen and oxygen atoms in total. The fraction of sp³-hybridized carbons (Fsp3) is 0.278. The van der Waals surface area contributed by atoms with Crippen LogP contribution in [0.1, 0.15) is 29.8 Å². The van der Waals surface area contributed by atoms with E-state index in [1.807, 2.05) is 0 Å². The fourth-order valence-corrected chi connectivity index (χ4v) is 4.39. The molecule has 0 aliphatic heterocycles. The zero-order valence-corrected chi connectivity index (χ0v) is 16.0. The van der Waals surface area contributed by atoms with E-state index < -0.39 is 26.6 Å². The van der Waals surface area contributed by atoms with Gasteiger partial charge in [-0.2, -0.15) is 0 Å². The van der Waals surface area contributed by atoms with E-state index in [0.717, 1.165) is 10.4 Å². The molecule has 9 heteroatoms. The normalized spacial score (nSPS) is 11.1. The quantitative estimate of drug-likeness (QED) is 0.406. The van der Waals surface area contributed by atoms with E-state index in [1.54, 1.807) is 20.8 Å². The lowest BCUT2D eigenvalue weighted by atomic mass is 10.1. The monoisotopic (exact) mass is 392 g/mol. The molecule has 2 aromatic rings. The van der Waals surface area contributed by atoms with Crippen LogP contribution in [0.25, 0.3) is 0 Å². The Morgan fingerprint density at radius 1 is 1.19 bits per heavy atom. The van der Waals surface area contributed by atoms with Gasteiger partial charge in [0, 0.05) is 12.6 Å². The molecule has 0 atom stereocenters. The molecule has 0 N–H and O–H groups in total. The molecule has 144 valence electrons. The van der Waals surface area contributed by atoms with Crippen molar-refractivity contribution < 1.29 is 22.9 Å². The van der Waals surface area contributed by atoms with Gasteiger partial charge in [0.15, 0.2) is 4.90 Å². The number of carbonyl (C=O) groups is 1. The van der Waals surface area contributed by atoms with Crippen LogP contribution >= 0.6 is 0 Å². The number of nitro groups is 1. The Morgan fingerprint density at radius 2 is 1.85 bits per heavy atom. The minimum atomic E-state index is -4.17. The first kappa shape index (κ1) is 20.4. The van der Waals surface area contributed by atoms with Crippen LogP contribution in [0.4, 0.5) is 11.4 Å². The molecule has 0 heterocycles. The highest BCUT2D eigenvalue weighted by molar-refractivity contribution is 7.93. The number of hydrogen-bond acceptors (Lipinski definition) is 6. The van der Waals surface area contributed by atoms with Gasteiger partial charge < -0.3 is 4.74 Å². The summed E-state index contributed by atoms with van der Waals surface area (Å²) in [6.45, 7) is 5.28. The Labute approximate surface area is 157 Å². The number of para-hydroxylation sites is 1. The van der Waals surface area contributed by atoms with Crippen molar-refractivity contribution in [3.8, 4) is 0 Å². The van der Waals surface area contributed by atoms with Crippen LogP contribution in [0.2, 0.25) is 0 Å². The standard InChI is InChI=1S/C18H20N2O6S/c1-4-19(15-11-10-14(12-13(15)3)18(21)26-5-2)27(24,25)17-9-7-6-8-16(17)20(22)23/h6-12H,4-5H2,1-3H3. The second-order valence-electron chi connectivity index (χ2n) is 5.62. The van der Waals surface area contributed by atoms with Gasteiger partial charge in [-0.25, -0.2) is 13.2 Å². The van der Waals surface area contributed by atoms with Gasteiger partial charge in [0.1, 0.15) is 0 Å². The van der Waals surface area contributed by atoms with E-state index in [0.29, 0.717) is 16.8 Å². The van der Waals surface area contributed by atoms with Gasteiger partial charge in [0.2, 0.25) is 0 Å². The van der Waals surface area contributed by atoms with Crippen molar-refractivity contribution in [2.75, 3.05) is 17.5 Å². The second-order valence-corrected chi connectivity index (χ2v) is 7.45. The Kier molecular flexibility index (Phi) is 6.17. The average Bonchev–Trinajstić information content (AvgIpc) is 2.63. The van der Waals surface area contributed by atoms with Gasteiger partial charge in [-0.15, -0.1) is 0 Å². The molecule has 0 aliphatic rings. The minimum absolute atomic E-state index is 0.0635. The molecular weight excluding hydrogens is 372 g/mol. The van der Waals surface area contributed by atoms with Crippen molar-refractivity contribution in [3.05, 3.63) is 63.7 Å². The van der Waals surface area contributed by atoms with Gasteiger partial charge >= 0.3 is 5.97 Å². The summed E-state index contributed by atoms with van der Waals surface area (Å²) < 4.78 is 32.2. The number of sulfonamides is 1. The summed E-state index contributed by atoms with van der Waals surface area (Å²) in [4.78, 5) is 22.0. The first-order valence-corrected chi connectivity index (χ1v) is 9.72. The summed E-state index contributed by atoms with van der Waals surface area (Å²) in [5.74, 6) is -0.503. The highest BCUT2D eigenvalue weighted by Gasteiger charge is 2.31. The van der Waals surface area contributed by atoms with Crippen LogP contribution in [0.15, 0.2) is 47.4 Å². The molecule has 0 aliphatic carbocycles. The largest absolute Gasteiger partial charge is 0.462 e. The van der Waals surface area contributed by atoms with Crippen LogP contribution in [0, 0.1) is 17.0 Å². The third kappa shape index (κ3) is 4.08. The SMILES string of the molecule is CCOC(=O)c1ccc(N(CC)S(=O)(=O)c2ccccc2[N+](=O)[O-])c(C)c1. The van der Waals surface area contributed by atoms with Gasteiger partial charge in [-0.1, -0.05) is 12.1 Å². The number of nitro benzene ring substituents is 1. The maximum absolute atomic E-state index is 13.1. The first-order chi connectivity index (χ1) is 12.7. The Morgan fingerprint density at radius 3 is 2.41 bits per heavy atom. The highest BCUT2D eigenvalue weighted by atomic mass is 32.2. The first-order valence-electron chi connectivity index (χ1n) is 8.28. The molecule has 0 aromatic heterocycles. The number of ether oxygens (including phenoxy) is 1. The molecule has 0 radical (unpaired) electrons. The van der Waals surface area contributed by atoms with Gasteiger partial charge in [-0.05, 0) is 50.6 Å². The van der Waals surface area contributed by atoms with Crippen molar-refractivity contribution in [2.24, 2.45) is 0 Å². The second kappa shape index (κ2) is 8.17. The van der Waals surface area contributed by atoms with Crippen molar-refractivity contribution >= 4 is 27.4 Å². The van der Waals surface area contributed by atoms with Crippen molar-refractivity contribution in [2.45, 2.75) is 25.7 Å². The number of nitrogens with zero attached hydrogens (tertiary/aromatic N) is 2. The molecule has 0 spiro atoms. The van der Waals surface area contributed by atoms with Crippen molar-refractivity contribution in [1.29, 1.82) is 0 Å². The summed E-state index contributed by atoms with van der Waals surface area (Å²) in [5, 5.41) is 11.2. The van der Waals surface area contributed by atoms with E-state index >= 15 is 0 Å². The molecule has 0 amide bonds. The molecule has 0 fully saturated rings. The molecular formula is C18H20N2O6S. The zero-order chi connectivity index (χ0) is 20.2. The maximum Gasteiger partial charge on any atom is 0.338 e. The molecule has 2 rings (SSSR count). The van der Waals surface area contributed by atoms with Crippen LogP contribution in [-0.4, -0.2) is 32.5 Å². The van der Waals surface area contributed by atoms with E-state index in [1.165, 1.54) is 36.4 Å². The topological polar surface area (TPSA) is 107 Å². The van der Waals surface area contributed by atoms with E-state index in [9.17, 15) is 23.3 Å². The summed E-state index contributed by atoms with van der Waals surface area (Å²) >= 11 is 0. The third-order valence-corrected chi connectivity index (χ3v) is 5.83. The number of aryl methyl sites for hydroxylation is 1. The summed E-state index contributed by atoms with van der Waals surface area (Å²) in [5.41, 5.74) is 0.683. The average molecular weight is 392 g/mol. The van der Waals surface area contributed by atoms with Gasteiger partial charge in [-0.3, -0.25) is 14.4 Å². The number of anilines is 1. The number of rotatable bonds is 7. The van der Waals surface area contributed by atoms with Crippen LogP contribution in [0.5, 0.6) is 0 Å². The lowest BCUT2D eigenvalue weighted by Gasteiger charge is -2.24. The molecule has 2 aromatic carbocycles. The molecule has 0 saturated carbocycles. The van der Waals surface area contributed by atoms with E-state index in [2.05, 4.69) is 0 Å². The number of carbonyl (C=O) groups excluding carboxylic acids is 1. The summed E-state index contributed by atoms with van der Waals surface area (Å²) in [6.07, 6.45) is 0. The number of benzene rings is 2. The molecule has 0 saturated heterocycles. The third-order valence-electron chi connectivity index (χ3n) is 3.89. The lowest BCUT2D eigenvalue weighted by Crippen LogP contribution is -2.32. The Bertz CT molecular complexity index is 972. The molecule has 0 unspecified atom stereocenters.